The standard InChI is InChI=1S/C22H28FN3O/c1-16(2)18-4-8-20(9-5-18)24-22(27)17(3)25-12-14-26(15-13-25)21-10-6-19(23)7-11-21/h4-11,16-17H,12-15H2,1-3H3,(H,24,27)/t17-/m1/s1. The van der Waals surface area contributed by atoms with Crippen molar-refractivity contribution in [1.29, 1.82) is 0 Å². The summed E-state index contributed by atoms with van der Waals surface area (Å²) in [4.78, 5) is 17.0. The van der Waals surface area contributed by atoms with Crippen LogP contribution in [-0.4, -0.2) is 43.0 Å². The van der Waals surface area contributed by atoms with Crippen molar-refractivity contribution in [3.63, 3.8) is 0 Å². The van der Waals surface area contributed by atoms with Crippen LogP contribution in [0.25, 0.3) is 0 Å². The van der Waals surface area contributed by atoms with E-state index in [1.807, 2.05) is 31.2 Å². The fourth-order valence-electron chi connectivity index (χ4n) is 3.38. The highest BCUT2D eigenvalue weighted by Crippen LogP contribution is 2.19. The van der Waals surface area contributed by atoms with Gasteiger partial charge in [-0.3, -0.25) is 9.69 Å². The number of nitrogens with one attached hydrogen (secondary N) is 1. The lowest BCUT2D eigenvalue weighted by Gasteiger charge is -2.38. The van der Waals surface area contributed by atoms with Crippen LogP contribution in [0, 0.1) is 5.82 Å². The Bertz CT molecular complexity index is 750. The molecule has 1 fully saturated rings. The Hall–Kier alpha value is -2.40. The molecule has 3 rings (SSSR count). The lowest BCUT2D eigenvalue weighted by molar-refractivity contribution is -0.120. The fraction of sp³-hybridized carbons (Fsp3) is 0.409. The largest absolute Gasteiger partial charge is 0.369 e. The van der Waals surface area contributed by atoms with Crippen molar-refractivity contribution in [1.82, 2.24) is 4.90 Å². The van der Waals surface area contributed by atoms with Gasteiger partial charge in [0.05, 0.1) is 6.04 Å². The van der Waals surface area contributed by atoms with E-state index in [0.29, 0.717) is 5.92 Å². The van der Waals surface area contributed by atoms with Crippen LogP contribution in [-0.2, 0) is 4.79 Å². The summed E-state index contributed by atoms with van der Waals surface area (Å²) < 4.78 is 13.1. The highest BCUT2D eigenvalue weighted by Gasteiger charge is 2.25. The predicted octanol–water partition coefficient (Wildman–Crippen LogP) is 4.10. The van der Waals surface area contributed by atoms with Crippen molar-refractivity contribution in [2.45, 2.75) is 32.7 Å². The third-order valence-corrected chi connectivity index (χ3v) is 5.28. The van der Waals surface area contributed by atoms with E-state index >= 15 is 0 Å². The van der Waals surface area contributed by atoms with Crippen molar-refractivity contribution >= 4 is 17.3 Å². The molecule has 1 atom stereocenters. The molecule has 1 N–H and O–H groups in total. The molecule has 0 bridgehead atoms. The number of carbonyl (C=O) groups is 1. The molecule has 1 aliphatic heterocycles. The number of benzene rings is 2. The quantitative estimate of drug-likeness (QED) is 0.862. The summed E-state index contributed by atoms with van der Waals surface area (Å²) in [7, 11) is 0. The number of carbonyl (C=O) groups excluding carboxylic acids is 1. The molecule has 0 saturated carbocycles. The van der Waals surface area contributed by atoms with Crippen LogP contribution in [0.5, 0.6) is 0 Å². The maximum Gasteiger partial charge on any atom is 0.241 e. The smallest absolute Gasteiger partial charge is 0.241 e. The van der Waals surface area contributed by atoms with Gasteiger partial charge in [0.1, 0.15) is 5.82 Å². The van der Waals surface area contributed by atoms with Crippen LogP contribution in [0.2, 0.25) is 0 Å². The summed E-state index contributed by atoms with van der Waals surface area (Å²) in [6, 6.07) is 14.5. The zero-order valence-corrected chi connectivity index (χ0v) is 16.3. The van der Waals surface area contributed by atoms with Crippen molar-refractivity contribution in [3.05, 3.63) is 59.9 Å². The molecule has 144 valence electrons. The van der Waals surface area contributed by atoms with Crippen molar-refractivity contribution in [2.75, 3.05) is 36.4 Å². The van der Waals surface area contributed by atoms with Gasteiger partial charge in [0.25, 0.3) is 0 Å². The molecule has 1 saturated heterocycles. The lowest BCUT2D eigenvalue weighted by Crippen LogP contribution is -2.52. The maximum atomic E-state index is 13.1. The zero-order chi connectivity index (χ0) is 19.4. The van der Waals surface area contributed by atoms with Gasteiger partial charge in [-0.05, 0) is 54.8 Å². The summed E-state index contributed by atoms with van der Waals surface area (Å²) in [5.74, 6) is 0.276. The van der Waals surface area contributed by atoms with E-state index < -0.39 is 0 Å². The number of anilines is 2. The predicted molar refractivity (Wildman–Crippen MR) is 109 cm³/mol. The molecule has 2 aromatic carbocycles. The van der Waals surface area contributed by atoms with Crippen molar-refractivity contribution in [3.8, 4) is 0 Å². The van der Waals surface area contributed by atoms with Gasteiger partial charge in [0, 0.05) is 37.6 Å². The SMILES string of the molecule is CC(C)c1ccc(NC(=O)[C@@H](C)N2CCN(c3ccc(F)cc3)CC2)cc1. The second kappa shape index (κ2) is 8.53. The molecule has 0 unspecified atom stereocenters. The summed E-state index contributed by atoms with van der Waals surface area (Å²) in [6.45, 7) is 9.52. The second-order valence-electron chi connectivity index (χ2n) is 7.44. The zero-order valence-electron chi connectivity index (χ0n) is 16.3. The first-order chi connectivity index (χ1) is 12.9. The van der Waals surface area contributed by atoms with E-state index in [9.17, 15) is 9.18 Å². The topological polar surface area (TPSA) is 35.6 Å². The molecular formula is C22H28FN3O. The number of rotatable bonds is 5. The Balaban J connectivity index is 1.53. The van der Waals surface area contributed by atoms with Crippen LogP contribution in [0.4, 0.5) is 15.8 Å². The highest BCUT2D eigenvalue weighted by molar-refractivity contribution is 5.94. The summed E-state index contributed by atoms with van der Waals surface area (Å²) in [5.41, 5.74) is 3.12. The van der Waals surface area contributed by atoms with Gasteiger partial charge in [0.2, 0.25) is 5.91 Å². The van der Waals surface area contributed by atoms with E-state index in [-0.39, 0.29) is 17.8 Å². The minimum atomic E-state index is -0.218. The Morgan fingerprint density at radius 3 is 2.07 bits per heavy atom. The van der Waals surface area contributed by atoms with Gasteiger partial charge >= 0.3 is 0 Å². The van der Waals surface area contributed by atoms with E-state index in [0.717, 1.165) is 37.6 Å². The van der Waals surface area contributed by atoms with E-state index in [4.69, 9.17) is 0 Å². The van der Waals surface area contributed by atoms with E-state index in [2.05, 4.69) is 41.1 Å². The van der Waals surface area contributed by atoms with Crippen molar-refractivity contribution < 1.29 is 9.18 Å². The first-order valence-corrected chi connectivity index (χ1v) is 9.59. The highest BCUT2D eigenvalue weighted by atomic mass is 19.1. The molecule has 5 heteroatoms. The molecule has 0 radical (unpaired) electrons. The van der Waals surface area contributed by atoms with Gasteiger partial charge < -0.3 is 10.2 Å². The maximum absolute atomic E-state index is 13.1. The molecular weight excluding hydrogens is 341 g/mol. The molecule has 1 aliphatic rings. The number of amides is 1. The van der Waals surface area contributed by atoms with Crippen LogP contribution in [0.3, 0.4) is 0 Å². The number of halogens is 1. The summed E-state index contributed by atoms with van der Waals surface area (Å²) >= 11 is 0. The minimum absolute atomic E-state index is 0.0162. The number of piperazine rings is 1. The normalized spacial score (nSPS) is 16.4. The Morgan fingerprint density at radius 2 is 1.52 bits per heavy atom. The summed E-state index contributed by atoms with van der Waals surface area (Å²) in [5, 5.41) is 3.02. The molecule has 27 heavy (non-hydrogen) atoms. The van der Waals surface area contributed by atoms with Gasteiger partial charge in [0.15, 0.2) is 0 Å². The lowest BCUT2D eigenvalue weighted by atomic mass is 10.0. The monoisotopic (exact) mass is 369 g/mol. The Morgan fingerprint density at radius 1 is 0.926 bits per heavy atom. The van der Waals surface area contributed by atoms with Crippen LogP contribution in [0.15, 0.2) is 48.5 Å². The fourth-order valence-corrected chi connectivity index (χ4v) is 3.38. The summed E-state index contributed by atoms with van der Waals surface area (Å²) in [6.07, 6.45) is 0. The van der Waals surface area contributed by atoms with E-state index in [1.54, 1.807) is 0 Å². The third-order valence-electron chi connectivity index (χ3n) is 5.28. The van der Waals surface area contributed by atoms with Crippen LogP contribution < -0.4 is 10.2 Å². The molecule has 1 amide bonds. The molecule has 0 aromatic heterocycles. The molecule has 1 heterocycles. The molecule has 2 aromatic rings. The first kappa shape index (κ1) is 19.4. The average molecular weight is 369 g/mol. The van der Waals surface area contributed by atoms with E-state index in [1.165, 1.54) is 17.7 Å². The Kier molecular flexibility index (Phi) is 6.11. The van der Waals surface area contributed by atoms with Gasteiger partial charge in [-0.1, -0.05) is 26.0 Å². The first-order valence-electron chi connectivity index (χ1n) is 9.59. The number of nitrogens with zero attached hydrogens (tertiary/aromatic N) is 2. The van der Waals surface area contributed by atoms with Crippen LogP contribution in [0.1, 0.15) is 32.3 Å². The minimum Gasteiger partial charge on any atom is -0.369 e. The van der Waals surface area contributed by atoms with Gasteiger partial charge in [-0.2, -0.15) is 0 Å². The second-order valence-corrected chi connectivity index (χ2v) is 7.44. The van der Waals surface area contributed by atoms with Gasteiger partial charge in [-0.15, -0.1) is 0 Å². The average Bonchev–Trinajstić information content (AvgIpc) is 2.68. The molecule has 4 nitrogen and oxygen atoms in total. The third kappa shape index (κ3) is 4.86. The Labute approximate surface area is 161 Å². The van der Waals surface area contributed by atoms with Crippen molar-refractivity contribution in [2.24, 2.45) is 0 Å². The number of hydrogen-bond acceptors (Lipinski definition) is 3. The van der Waals surface area contributed by atoms with Gasteiger partial charge in [-0.25, -0.2) is 4.39 Å². The molecule has 0 spiro atoms. The number of hydrogen-bond donors (Lipinski definition) is 1. The molecule has 0 aliphatic carbocycles. The van der Waals surface area contributed by atoms with Crippen LogP contribution >= 0.6 is 0 Å².